The van der Waals surface area contributed by atoms with Gasteiger partial charge in [0.1, 0.15) is 36.6 Å². The summed E-state index contributed by atoms with van der Waals surface area (Å²) in [4.78, 5) is 70.2. The summed E-state index contributed by atoms with van der Waals surface area (Å²) < 4.78 is 15.8. The summed E-state index contributed by atoms with van der Waals surface area (Å²) in [6, 6.07) is 13.7. The molecular weight excluding hydrogens is 729 g/mol. The molecule has 5 aromatic rings. The van der Waals surface area contributed by atoms with Gasteiger partial charge in [-0.25, -0.2) is 19.6 Å². The normalized spacial score (nSPS) is 13.5. The van der Waals surface area contributed by atoms with E-state index < -0.39 is 18.2 Å². The van der Waals surface area contributed by atoms with Gasteiger partial charge in [-0.1, -0.05) is 52.3 Å². The van der Waals surface area contributed by atoms with Crippen molar-refractivity contribution in [1.82, 2.24) is 40.4 Å². The van der Waals surface area contributed by atoms with Gasteiger partial charge in [-0.2, -0.15) is 0 Å². The molecule has 3 atom stereocenters. The number of nitrogens with zero attached hydrogens (tertiary/aromatic N) is 4. The van der Waals surface area contributed by atoms with E-state index >= 15 is 0 Å². The number of hydrogen-bond donors (Lipinski definition) is 4. The van der Waals surface area contributed by atoms with Crippen LogP contribution in [0.1, 0.15) is 71.1 Å². The van der Waals surface area contributed by atoms with Gasteiger partial charge in [0.15, 0.2) is 0 Å². The first-order valence-electron chi connectivity index (χ1n) is 19.5. The number of ether oxygens (including phenoxy) is 3. The van der Waals surface area contributed by atoms with Crippen molar-refractivity contribution in [2.24, 2.45) is 5.92 Å². The smallest absolute Gasteiger partial charge is 0.407 e. The molecule has 0 fully saturated rings. The fraction of sp³-hybridized carbons (Fsp3) is 0.429. The number of amides is 4. The van der Waals surface area contributed by atoms with Crippen LogP contribution < -0.4 is 15.4 Å². The number of alkyl carbamates (subject to hydrolysis) is 2. The number of H-pyrrole nitrogens is 2. The van der Waals surface area contributed by atoms with Gasteiger partial charge in [-0.05, 0) is 72.0 Å². The molecule has 0 aliphatic carbocycles. The predicted molar refractivity (Wildman–Crippen MR) is 216 cm³/mol. The van der Waals surface area contributed by atoms with Gasteiger partial charge < -0.3 is 44.6 Å². The second-order valence-corrected chi connectivity index (χ2v) is 14.5. The van der Waals surface area contributed by atoms with Crippen LogP contribution in [0.5, 0.6) is 5.75 Å². The molecule has 0 bridgehead atoms. The average molecular weight is 781 g/mol. The van der Waals surface area contributed by atoms with Crippen LogP contribution in [0, 0.1) is 5.92 Å². The Hall–Kier alpha value is -6.12. The molecular formula is C42H52N8O7. The van der Waals surface area contributed by atoms with Crippen molar-refractivity contribution in [3.63, 3.8) is 0 Å². The number of methoxy groups -OCH3 is 2. The number of carbonyl (C=O) groups excluding carboxylic acids is 4. The molecule has 0 radical (unpaired) electrons. The van der Waals surface area contributed by atoms with Gasteiger partial charge >= 0.3 is 12.2 Å². The second-order valence-electron chi connectivity index (χ2n) is 14.5. The number of imidazole rings is 2. The lowest BCUT2D eigenvalue weighted by atomic mass is 9.92. The van der Waals surface area contributed by atoms with Crippen LogP contribution >= 0.6 is 0 Å². The first-order valence-corrected chi connectivity index (χ1v) is 19.5. The lowest BCUT2D eigenvalue weighted by molar-refractivity contribution is -0.135. The Labute approximate surface area is 331 Å². The third-order valence-electron chi connectivity index (χ3n) is 10.8. The number of aromatic amines is 2. The van der Waals surface area contributed by atoms with Gasteiger partial charge in [-0.3, -0.25) is 9.59 Å². The quantitative estimate of drug-likeness (QED) is 0.0903. The Morgan fingerprint density at radius 2 is 1.70 bits per heavy atom. The van der Waals surface area contributed by atoms with Gasteiger partial charge in [0.25, 0.3) is 0 Å². The standard InChI is InChI=1S/C42H52N8O7/c1-8-15-49(40(52)38(24(4)9-2)48-42(54)56-7)21-35-43-19-33(46-35)27-11-13-29-28(16-27)23-57-34-18-30-26(17-31(29)34)12-14-32-39(30)47-36(45-32)22-50(25(5)10-3)37(51)20-44-41(53)55-6/h11-14,16-19,24-25,38H,8-10,15,20-23H2,1-7H3,(H,43,46)(H,44,53)(H,45,47)(H,48,54)/t24-,25+,38+/m1/s1. The van der Waals surface area contributed by atoms with Crippen molar-refractivity contribution in [1.29, 1.82) is 0 Å². The number of aromatic nitrogens is 4. The van der Waals surface area contributed by atoms with Gasteiger partial charge in [0, 0.05) is 23.5 Å². The van der Waals surface area contributed by atoms with E-state index in [4.69, 9.17) is 14.5 Å². The number of nitrogens with one attached hydrogen (secondary N) is 4. The SMILES string of the molecule is CCCN(Cc1ncc(-c2ccc3c(c2)COc2cc4c(ccc5[nH]c(CN(C(=O)CNC(=O)OC)[C@@H](C)CC)nc54)cc2-3)[nH]1)C(=O)[C@@H](NC(=O)OC)[C@H](C)CC. The molecule has 0 saturated heterocycles. The van der Waals surface area contributed by atoms with Gasteiger partial charge in [0.2, 0.25) is 11.8 Å². The first kappa shape index (κ1) is 40.5. The third-order valence-corrected chi connectivity index (χ3v) is 10.8. The Kier molecular flexibility index (Phi) is 12.6. The molecule has 0 spiro atoms. The van der Waals surface area contributed by atoms with Crippen LogP contribution in [-0.4, -0.2) is 93.1 Å². The molecule has 1 aliphatic rings. The number of rotatable bonds is 15. The summed E-state index contributed by atoms with van der Waals surface area (Å²) in [5.41, 5.74) is 6.46. The fourth-order valence-corrected chi connectivity index (χ4v) is 7.15. The highest BCUT2D eigenvalue weighted by molar-refractivity contribution is 6.07. The maximum absolute atomic E-state index is 13.7. The van der Waals surface area contributed by atoms with E-state index in [-0.39, 0.29) is 43.4 Å². The van der Waals surface area contributed by atoms with E-state index in [1.807, 2.05) is 46.8 Å². The summed E-state index contributed by atoms with van der Waals surface area (Å²) in [5, 5.41) is 7.13. The minimum Gasteiger partial charge on any atom is -0.488 e. The molecule has 2 aromatic heterocycles. The number of carbonyl (C=O) groups is 4. The van der Waals surface area contributed by atoms with Crippen LogP contribution in [0.25, 0.3) is 44.2 Å². The molecule has 302 valence electrons. The molecule has 4 amide bonds. The van der Waals surface area contributed by atoms with Crippen molar-refractivity contribution in [2.45, 2.75) is 85.7 Å². The van der Waals surface area contributed by atoms with E-state index in [2.05, 4.69) is 60.7 Å². The molecule has 0 saturated carbocycles. The van der Waals surface area contributed by atoms with Gasteiger partial charge in [-0.15, -0.1) is 0 Å². The molecule has 1 aliphatic heterocycles. The van der Waals surface area contributed by atoms with E-state index in [0.29, 0.717) is 31.2 Å². The Morgan fingerprint density at radius 1 is 0.912 bits per heavy atom. The summed E-state index contributed by atoms with van der Waals surface area (Å²) in [7, 11) is 2.55. The van der Waals surface area contributed by atoms with Crippen LogP contribution in [0.15, 0.2) is 48.7 Å². The van der Waals surface area contributed by atoms with Crippen molar-refractivity contribution in [2.75, 3.05) is 27.3 Å². The molecule has 57 heavy (non-hydrogen) atoms. The highest BCUT2D eigenvalue weighted by Gasteiger charge is 2.31. The molecule has 0 unspecified atom stereocenters. The summed E-state index contributed by atoms with van der Waals surface area (Å²) >= 11 is 0. The average Bonchev–Trinajstić information content (AvgIpc) is 3.89. The van der Waals surface area contributed by atoms with Crippen molar-refractivity contribution in [3.8, 4) is 28.1 Å². The van der Waals surface area contributed by atoms with Crippen molar-refractivity contribution in [3.05, 3.63) is 65.9 Å². The largest absolute Gasteiger partial charge is 0.488 e. The zero-order valence-corrected chi connectivity index (χ0v) is 33.7. The number of fused-ring (bicyclic) bond motifs is 6. The van der Waals surface area contributed by atoms with E-state index in [9.17, 15) is 19.2 Å². The molecule has 3 heterocycles. The fourth-order valence-electron chi connectivity index (χ4n) is 7.15. The van der Waals surface area contributed by atoms with Crippen LogP contribution in [0.4, 0.5) is 9.59 Å². The Bertz CT molecular complexity index is 2270. The number of benzene rings is 3. The Balaban J connectivity index is 1.22. The topological polar surface area (TPSA) is 184 Å². The molecule has 15 nitrogen and oxygen atoms in total. The summed E-state index contributed by atoms with van der Waals surface area (Å²) in [6.45, 7) is 11.1. The molecule has 15 heteroatoms. The zero-order chi connectivity index (χ0) is 40.8. The predicted octanol–water partition coefficient (Wildman–Crippen LogP) is 6.66. The second kappa shape index (κ2) is 17.8. The third kappa shape index (κ3) is 8.82. The lowest BCUT2D eigenvalue weighted by Gasteiger charge is -2.29. The minimum atomic E-state index is -0.710. The summed E-state index contributed by atoms with van der Waals surface area (Å²) in [6.07, 6.45) is 2.68. The maximum atomic E-state index is 13.7. The molecule has 4 N–H and O–H groups in total. The van der Waals surface area contributed by atoms with Crippen LogP contribution in [0.3, 0.4) is 0 Å². The Morgan fingerprint density at radius 3 is 2.42 bits per heavy atom. The van der Waals surface area contributed by atoms with E-state index in [0.717, 1.165) is 68.3 Å². The van der Waals surface area contributed by atoms with E-state index in [1.165, 1.54) is 14.2 Å². The highest BCUT2D eigenvalue weighted by Crippen LogP contribution is 2.42. The van der Waals surface area contributed by atoms with Gasteiger partial charge in [0.05, 0.1) is 50.2 Å². The minimum absolute atomic E-state index is 0.0735. The van der Waals surface area contributed by atoms with Crippen molar-refractivity contribution >= 4 is 45.8 Å². The monoisotopic (exact) mass is 780 g/mol. The van der Waals surface area contributed by atoms with Crippen molar-refractivity contribution < 1.29 is 33.4 Å². The number of hydrogen-bond acceptors (Lipinski definition) is 9. The van der Waals surface area contributed by atoms with Crippen LogP contribution in [-0.2, 0) is 38.8 Å². The van der Waals surface area contributed by atoms with E-state index in [1.54, 1.807) is 16.0 Å². The zero-order valence-electron chi connectivity index (χ0n) is 33.7. The lowest BCUT2D eigenvalue weighted by Crippen LogP contribution is -2.51. The first-order chi connectivity index (χ1) is 27.5. The maximum Gasteiger partial charge on any atom is 0.407 e. The molecule has 6 rings (SSSR count). The van der Waals surface area contributed by atoms with Crippen LogP contribution in [0.2, 0.25) is 0 Å². The molecule has 3 aromatic carbocycles. The highest BCUT2D eigenvalue weighted by atomic mass is 16.5. The summed E-state index contributed by atoms with van der Waals surface area (Å²) in [5.74, 6) is 1.55.